The van der Waals surface area contributed by atoms with Gasteiger partial charge in [-0.15, -0.1) is 0 Å². The van der Waals surface area contributed by atoms with E-state index in [-0.39, 0.29) is 0 Å². The molecule has 8 saturated heterocycles. The number of hydrogen-bond donors (Lipinski definition) is 23. The van der Waals surface area contributed by atoms with Crippen LogP contribution in [0.2, 0.25) is 0 Å². The minimum absolute atomic E-state index is 0.858. The summed E-state index contributed by atoms with van der Waals surface area (Å²) in [4.78, 5) is 38.1. The first-order valence-electron chi connectivity index (χ1n) is 27.7. The molecule has 8 rings (SSSR count). The third-order valence-corrected chi connectivity index (χ3v) is 16.4. The Morgan fingerprint density at radius 2 is 0.539 bits per heavy atom. The van der Waals surface area contributed by atoms with Gasteiger partial charge < -0.3 is 189 Å². The molecule has 0 spiro atoms. The molecule has 40 atom stereocenters. The van der Waals surface area contributed by atoms with Gasteiger partial charge >= 0.3 is 17.9 Å². The summed E-state index contributed by atoms with van der Waals surface area (Å²) < 4.78 is 83.6. The standard InChI is InChI=1S/C48H76O41/c1-6-11(51)16(56)33(86-45-25(65)19(59)31(36(88-45)39(70)71)83-42-24(64)18(58)28(7(2)76-42)81-43-22(62)14(54)12(52)9(4-49)78-43)47(75-6)85-32-20(60)26(66)46(89-37(32)40(72)73)87-34-27(67)29(82-44-23(63)15(55)13(53)10(5-50)79-44)8(3)77-48(34)84-30-17(57)21(61)41(74)80-35(30)38(68)69/h6-37,41-67,74H,4-5H2,1-3H3,(H,68,69)(H,70,71)(H,72,73)/t6-,7-,8-,9+,10+,11-,12-,13-,14-,15-,16+,17+,18-,19+,20+,21+,22+,23+,24+,25+,26+,27+,28-,29-,30+,31+,32+,33+,34+,35-,36-,37-,41?,42-,43-,44-,45-,46-,47-,48-/m0/s1. The minimum atomic E-state index is -2.60. The van der Waals surface area contributed by atoms with Gasteiger partial charge in [-0.1, -0.05) is 0 Å². The zero-order valence-corrected chi connectivity index (χ0v) is 46.6. The Hall–Kier alpha value is -2.99. The van der Waals surface area contributed by atoms with Crippen LogP contribution >= 0.6 is 0 Å². The fourth-order valence-electron chi connectivity index (χ4n) is 11.2. The first kappa shape index (κ1) is 71.9. The van der Waals surface area contributed by atoms with Crippen LogP contribution in [0.1, 0.15) is 20.8 Å². The number of carbonyl (C=O) groups is 3. The van der Waals surface area contributed by atoms with Crippen molar-refractivity contribution in [2.45, 2.75) is 266 Å². The maximum atomic E-state index is 13.1. The summed E-state index contributed by atoms with van der Waals surface area (Å²) in [6.45, 7) is 1.70. The lowest BCUT2D eigenvalue weighted by Gasteiger charge is -2.50. The highest BCUT2D eigenvalue weighted by Gasteiger charge is 2.61. The van der Waals surface area contributed by atoms with E-state index in [0.29, 0.717) is 0 Å². The number of aliphatic hydroxyl groups is 20. The number of ether oxygens (including phenoxy) is 15. The van der Waals surface area contributed by atoms with Crippen LogP contribution in [0, 0.1) is 0 Å². The third kappa shape index (κ3) is 14.5. The van der Waals surface area contributed by atoms with Gasteiger partial charge in [-0.2, -0.15) is 0 Å². The van der Waals surface area contributed by atoms with Crippen LogP contribution in [0.3, 0.4) is 0 Å². The monoisotopic (exact) mass is 1310 g/mol. The molecule has 89 heavy (non-hydrogen) atoms. The lowest BCUT2D eigenvalue weighted by Crippen LogP contribution is -2.69. The zero-order valence-electron chi connectivity index (χ0n) is 46.6. The van der Waals surface area contributed by atoms with E-state index in [1.54, 1.807) is 0 Å². The summed E-state index contributed by atoms with van der Waals surface area (Å²) in [5.41, 5.74) is 0. The Morgan fingerprint density at radius 1 is 0.270 bits per heavy atom. The largest absolute Gasteiger partial charge is 0.479 e. The van der Waals surface area contributed by atoms with Crippen molar-refractivity contribution in [3.05, 3.63) is 0 Å². The fraction of sp³-hybridized carbons (Fsp3) is 0.938. The van der Waals surface area contributed by atoms with Gasteiger partial charge in [-0.25, -0.2) is 14.4 Å². The van der Waals surface area contributed by atoms with Crippen LogP contribution in [-0.2, 0) is 85.4 Å². The highest BCUT2D eigenvalue weighted by atomic mass is 16.8. The number of aliphatic carboxylic acids is 3. The highest BCUT2D eigenvalue weighted by molar-refractivity contribution is 5.74. The fourth-order valence-corrected chi connectivity index (χ4v) is 11.2. The smallest absolute Gasteiger partial charge is 0.335 e. The second-order valence-electron chi connectivity index (χ2n) is 22.4. The maximum Gasteiger partial charge on any atom is 0.335 e. The number of rotatable bonds is 19. The normalized spacial score (nSPS) is 53.4. The minimum Gasteiger partial charge on any atom is -0.479 e. The molecule has 0 radical (unpaired) electrons. The van der Waals surface area contributed by atoms with Gasteiger partial charge in [0.15, 0.2) is 68.6 Å². The van der Waals surface area contributed by atoms with Crippen LogP contribution < -0.4 is 0 Å². The summed E-state index contributed by atoms with van der Waals surface area (Å²) >= 11 is 0. The van der Waals surface area contributed by atoms with E-state index in [2.05, 4.69) is 0 Å². The molecule has 0 aliphatic carbocycles. The van der Waals surface area contributed by atoms with Gasteiger partial charge in [0.25, 0.3) is 0 Å². The van der Waals surface area contributed by atoms with Crippen molar-refractivity contribution in [1.82, 2.24) is 0 Å². The van der Waals surface area contributed by atoms with E-state index >= 15 is 0 Å². The second kappa shape index (κ2) is 29.3. The molecule has 8 heterocycles. The summed E-state index contributed by atoms with van der Waals surface area (Å²) in [5.74, 6) is -5.94. The molecular formula is C48H76O41. The van der Waals surface area contributed by atoms with E-state index in [1.165, 1.54) is 6.92 Å². The molecule has 8 fully saturated rings. The van der Waals surface area contributed by atoms with Crippen molar-refractivity contribution in [1.29, 1.82) is 0 Å². The van der Waals surface area contributed by atoms with Crippen LogP contribution in [0.25, 0.3) is 0 Å². The van der Waals surface area contributed by atoms with Crippen molar-refractivity contribution in [3.8, 4) is 0 Å². The first-order valence-corrected chi connectivity index (χ1v) is 27.7. The maximum absolute atomic E-state index is 13.1. The van der Waals surface area contributed by atoms with Crippen molar-refractivity contribution < 1.29 is 203 Å². The predicted molar refractivity (Wildman–Crippen MR) is 262 cm³/mol. The lowest BCUT2D eigenvalue weighted by molar-refractivity contribution is -0.405. The third-order valence-electron chi connectivity index (χ3n) is 16.4. The van der Waals surface area contributed by atoms with Gasteiger partial charge in [-0.05, 0) is 20.8 Å². The van der Waals surface area contributed by atoms with Crippen LogP contribution in [-0.4, -0.2) is 394 Å². The Morgan fingerprint density at radius 3 is 0.944 bits per heavy atom. The number of hydrogen-bond acceptors (Lipinski definition) is 38. The SMILES string of the molecule is C[C@@H]1O[C@@H](O[C@@H]2[C@H](O)[C@@H](O)[C@@H](O[C@H]3[C@H](O[C@@H]4[C@H](O)[C@@H](O)C(O)O[C@@H]4C(=O)O)O[C@@H](C)[C@H](O[C@@H]4O[C@H](CO)[C@H](O)[C@H](O)[C@H]4O)[C@H]3O)O[C@@H]2C(=O)O)[C@H](O[C@H]2O[C@H](C(=O)O)[C@H](O[C@@H]3O[C@@H](C)[C@H](O[C@@H]4O[C@H](CO)[C@H](O)[C@H](O)[C@H]4O)[C@@H](O)[C@H]3O)[C@H](O)[C@H]2O)[C@H](O)[C@H]1O. The molecule has 0 amide bonds. The Bertz CT molecular complexity index is 2330. The highest BCUT2D eigenvalue weighted by Crippen LogP contribution is 2.39. The van der Waals surface area contributed by atoms with E-state index < -0.39 is 277 Å². The number of carboxylic acids is 3. The molecule has 0 saturated carbocycles. The van der Waals surface area contributed by atoms with E-state index in [4.69, 9.17) is 71.1 Å². The molecule has 0 aromatic carbocycles. The summed E-state index contributed by atoms with van der Waals surface area (Å²) in [6, 6.07) is 0. The molecule has 0 aromatic heterocycles. The van der Waals surface area contributed by atoms with Crippen molar-refractivity contribution in [2.24, 2.45) is 0 Å². The molecule has 0 aromatic rings. The molecule has 41 nitrogen and oxygen atoms in total. The van der Waals surface area contributed by atoms with Crippen LogP contribution in [0.5, 0.6) is 0 Å². The molecule has 8 aliphatic rings. The molecule has 23 N–H and O–H groups in total. The molecule has 0 bridgehead atoms. The van der Waals surface area contributed by atoms with Gasteiger partial charge in [-0.3, -0.25) is 0 Å². The molecule has 8 aliphatic heterocycles. The molecule has 514 valence electrons. The van der Waals surface area contributed by atoms with Gasteiger partial charge in [0.05, 0.1) is 31.5 Å². The zero-order chi connectivity index (χ0) is 65.8. The number of carboxylic acid groups (broad SMARTS) is 3. The van der Waals surface area contributed by atoms with Gasteiger partial charge in [0.2, 0.25) is 0 Å². The van der Waals surface area contributed by atoms with Crippen LogP contribution in [0.15, 0.2) is 0 Å². The van der Waals surface area contributed by atoms with E-state index in [9.17, 15) is 132 Å². The Balaban J connectivity index is 0.990. The quantitative estimate of drug-likeness (QED) is 0.0571. The second-order valence-corrected chi connectivity index (χ2v) is 22.4. The van der Waals surface area contributed by atoms with E-state index in [0.717, 1.165) is 13.8 Å². The summed E-state index contributed by atoms with van der Waals surface area (Å²) in [5, 5.41) is 246. The molecule has 41 heteroatoms. The topological polar surface area (TPSA) is 655 Å². The average molecular weight is 1310 g/mol. The lowest BCUT2D eigenvalue weighted by atomic mass is 9.95. The van der Waals surface area contributed by atoms with Crippen molar-refractivity contribution in [2.75, 3.05) is 13.2 Å². The first-order chi connectivity index (χ1) is 41.7. The Kier molecular flexibility index (Phi) is 23.7. The predicted octanol–water partition coefficient (Wildman–Crippen LogP) is -15.1. The van der Waals surface area contributed by atoms with E-state index in [1.807, 2.05) is 0 Å². The van der Waals surface area contributed by atoms with Crippen molar-refractivity contribution >= 4 is 17.9 Å². The van der Waals surface area contributed by atoms with Crippen molar-refractivity contribution in [3.63, 3.8) is 0 Å². The summed E-state index contributed by atoms with van der Waals surface area (Å²) in [7, 11) is 0. The Labute approximate surface area is 499 Å². The van der Waals surface area contributed by atoms with Crippen LogP contribution in [0.4, 0.5) is 0 Å². The van der Waals surface area contributed by atoms with Gasteiger partial charge in [0, 0.05) is 0 Å². The molecule has 1 unspecified atom stereocenters. The number of aliphatic hydroxyl groups excluding tert-OH is 20. The summed E-state index contributed by atoms with van der Waals surface area (Å²) in [6.07, 6.45) is -85.1. The molecular weight excluding hydrogens is 1230 g/mol. The average Bonchev–Trinajstić information content (AvgIpc) is 2.03. The van der Waals surface area contributed by atoms with Gasteiger partial charge in [0.1, 0.15) is 159 Å².